The van der Waals surface area contributed by atoms with Crippen LogP contribution in [0.25, 0.3) is 6.08 Å². The number of hydrogen-bond acceptors (Lipinski definition) is 4. The number of carbonyl (C=O) groups excluding carboxylic acids is 1. The van der Waals surface area contributed by atoms with Crippen molar-refractivity contribution in [3.8, 4) is 0 Å². The smallest absolute Gasteiger partial charge is 0.338 e. The molecule has 0 spiro atoms. The molecule has 1 aromatic rings. The molecule has 0 radical (unpaired) electrons. The zero-order valence-electron chi connectivity index (χ0n) is 8.24. The Hall–Kier alpha value is -1.13. The van der Waals surface area contributed by atoms with Gasteiger partial charge in [-0.2, -0.15) is 0 Å². The van der Waals surface area contributed by atoms with Gasteiger partial charge in [-0.15, -0.1) is 11.3 Å². The summed E-state index contributed by atoms with van der Waals surface area (Å²) in [5, 5.41) is 4.80. The highest BCUT2D eigenvalue weighted by atomic mass is 32.1. The zero-order chi connectivity index (χ0) is 10.4. The largest absolute Gasteiger partial charge is 0.465 e. The molecule has 0 aromatic carbocycles. The molecule has 0 aliphatic rings. The molecule has 0 bridgehead atoms. The first-order valence-electron chi connectivity index (χ1n) is 4.26. The van der Waals surface area contributed by atoms with Crippen LogP contribution < -0.4 is 5.32 Å². The van der Waals surface area contributed by atoms with E-state index in [2.05, 4.69) is 10.1 Å². The molecule has 0 saturated carbocycles. The highest BCUT2D eigenvalue weighted by Crippen LogP contribution is 2.16. The number of thiophene rings is 1. The van der Waals surface area contributed by atoms with Gasteiger partial charge in [0, 0.05) is 16.8 Å². The van der Waals surface area contributed by atoms with E-state index < -0.39 is 0 Å². The van der Waals surface area contributed by atoms with Crippen molar-refractivity contribution in [2.45, 2.75) is 0 Å². The van der Waals surface area contributed by atoms with Gasteiger partial charge in [0.2, 0.25) is 0 Å². The lowest BCUT2D eigenvalue weighted by molar-refractivity contribution is 0.0601. The maximum Gasteiger partial charge on any atom is 0.338 e. The Morgan fingerprint density at radius 1 is 1.71 bits per heavy atom. The molecule has 4 heteroatoms. The summed E-state index contributed by atoms with van der Waals surface area (Å²) in [6, 6.07) is 1.82. The monoisotopic (exact) mass is 211 g/mol. The van der Waals surface area contributed by atoms with E-state index in [9.17, 15) is 4.79 Å². The quantitative estimate of drug-likeness (QED) is 0.771. The summed E-state index contributed by atoms with van der Waals surface area (Å²) in [7, 11) is 3.27. The molecular formula is C10H13NO2S. The minimum Gasteiger partial charge on any atom is -0.465 e. The van der Waals surface area contributed by atoms with Gasteiger partial charge < -0.3 is 10.1 Å². The van der Waals surface area contributed by atoms with Gasteiger partial charge in [-0.25, -0.2) is 4.79 Å². The van der Waals surface area contributed by atoms with Gasteiger partial charge in [-0.05, 0) is 19.2 Å². The molecule has 1 aromatic heterocycles. The van der Waals surface area contributed by atoms with Crippen LogP contribution in [0.5, 0.6) is 0 Å². The summed E-state index contributed by atoms with van der Waals surface area (Å²) in [4.78, 5) is 12.2. The summed E-state index contributed by atoms with van der Waals surface area (Å²) < 4.78 is 4.61. The van der Waals surface area contributed by atoms with Crippen LogP contribution in [0.15, 0.2) is 17.5 Å². The number of methoxy groups -OCH3 is 1. The maximum atomic E-state index is 11.1. The summed E-state index contributed by atoms with van der Waals surface area (Å²) in [5.74, 6) is -0.283. The molecule has 0 aliphatic carbocycles. The molecule has 3 nitrogen and oxygen atoms in total. The van der Waals surface area contributed by atoms with Gasteiger partial charge in [-0.1, -0.05) is 6.08 Å². The minimum absolute atomic E-state index is 0.283. The van der Waals surface area contributed by atoms with Crippen molar-refractivity contribution in [1.82, 2.24) is 5.32 Å². The minimum atomic E-state index is -0.283. The SMILES string of the molecule is CNCC=Cc1cc(C(=O)OC)cs1. The number of rotatable bonds is 4. The predicted molar refractivity (Wildman–Crippen MR) is 58.6 cm³/mol. The third-order valence-electron chi connectivity index (χ3n) is 1.64. The van der Waals surface area contributed by atoms with Gasteiger partial charge >= 0.3 is 5.97 Å². The Morgan fingerprint density at radius 3 is 3.14 bits per heavy atom. The molecule has 0 atom stereocenters. The van der Waals surface area contributed by atoms with Crippen molar-refractivity contribution < 1.29 is 9.53 Å². The van der Waals surface area contributed by atoms with Crippen LogP contribution in [0.4, 0.5) is 0 Å². The second-order valence-corrected chi connectivity index (χ2v) is 3.63. The van der Waals surface area contributed by atoms with E-state index >= 15 is 0 Å². The lowest BCUT2D eigenvalue weighted by atomic mass is 10.3. The summed E-state index contributed by atoms with van der Waals surface area (Å²) in [6.07, 6.45) is 3.99. The zero-order valence-corrected chi connectivity index (χ0v) is 9.06. The summed E-state index contributed by atoms with van der Waals surface area (Å²) in [5.41, 5.74) is 0.613. The second kappa shape index (κ2) is 5.57. The number of carbonyl (C=O) groups is 1. The van der Waals surface area contributed by atoms with Crippen molar-refractivity contribution in [2.24, 2.45) is 0 Å². The van der Waals surface area contributed by atoms with Gasteiger partial charge in [0.1, 0.15) is 0 Å². The molecule has 0 unspecified atom stereocenters. The third kappa shape index (κ3) is 2.97. The molecule has 1 N–H and O–H groups in total. The Bertz CT molecular complexity index is 331. The molecule has 14 heavy (non-hydrogen) atoms. The van der Waals surface area contributed by atoms with Gasteiger partial charge in [0.25, 0.3) is 0 Å². The van der Waals surface area contributed by atoms with Crippen LogP contribution >= 0.6 is 11.3 Å². The fourth-order valence-corrected chi connectivity index (χ4v) is 1.76. The lowest BCUT2D eigenvalue weighted by Crippen LogP contribution is -2.03. The Morgan fingerprint density at radius 2 is 2.50 bits per heavy atom. The second-order valence-electron chi connectivity index (χ2n) is 2.69. The van der Waals surface area contributed by atoms with E-state index in [1.807, 2.05) is 25.3 Å². The third-order valence-corrected chi connectivity index (χ3v) is 2.54. The average molecular weight is 211 g/mol. The fraction of sp³-hybridized carbons (Fsp3) is 0.300. The van der Waals surface area contributed by atoms with Crippen molar-refractivity contribution in [2.75, 3.05) is 20.7 Å². The molecule has 76 valence electrons. The standard InChI is InChI=1S/C10H13NO2S/c1-11-5-3-4-9-6-8(7-14-9)10(12)13-2/h3-4,6-7,11H,5H2,1-2H3. The number of esters is 1. The predicted octanol–water partition coefficient (Wildman–Crippen LogP) is 1.77. The molecule has 0 saturated heterocycles. The molecule has 0 aliphatic heterocycles. The first kappa shape index (κ1) is 10.9. The van der Waals surface area contributed by atoms with E-state index in [1.54, 1.807) is 5.38 Å². The first-order chi connectivity index (χ1) is 6.77. The van der Waals surface area contributed by atoms with Crippen LogP contribution in [-0.4, -0.2) is 26.7 Å². The van der Waals surface area contributed by atoms with Gasteiger partial charge in [-0.3, -0.25) is 0 Å². The number of ether oxygens (including phenoxy) is 1. The van der Waals surface area contributed by atoms with E-state index in [1.165, 1.54) is 18.4 Å². The highest BCUT2D eigenvalue weighted by Gasteiger charge is 2.06. The number of hydrogen-bond donors (Lipinski definition) is 1. The molecule has 0 amide bonds. The van der Waals surface area contributed by atoms with Gasteiger partial charge in [0.05, 0.1) is 12.7 Å². The van der Waals surface area contributed by atoms with Crippen molar-refractivity contribution >= 4 is 23.4 Å². The van der Waals surface area contributed by atoms with E-state index in [-0.39, 0.29) is 5.97 Å². The molecule has 1 rings (SSSR count). The maximum absolute atomic E-state index is 11.1. The Labute approximate surface area is 87.4 Å². The van der Waals surface area contributed by atoms with Crippen molar-refractivity contribution in [1.29, 1.82) is 0 Å². The van der Waals surface area contributed by atoms with Crippen LogP contribution in [0.3, 0.4) is 0 Å². The Balaban J connectivity index is 2.63. The normalized spacial score (nSPS) is 10.7. The number of likely N-dealkylation sites (N-methyl/N-ethyl adjacent to an activating group) is 1. The fourth-order valence-electron chi connectivity index (χ4n) is 0.958. The topological polar surface area (TPSA) is 38.3 Å². The summed E-state index contributed by atoms with van der Waals surface area (Å²) >= 11 is 1.53. The highest BCUT2D eigenvalue weighted by molar-refractivity contribution is 7.11. The average Bonchev–Trinajstić information content (AvgIpc) is 2.66. The molecular weight excluding hydrogens is 198 g/mol. The Kier molecular flexibility index (Phi) is 4.35. The lowest BCUT2D eigenvalue weighted by Gasteiger charge is -1.91. The van der Waals surface area contributed by atoms with Crippen LogP contribution in [-0.2, 0) is 4.74 Å². The van der Waals surface area contributed by atoms with E-state index in [4.69, 9.17) is 0 Å². The molecule has 1 heterocycles. The van der Waals surface area contributed by atoms with Crippen LogP contribution in [0.2, 0.25) is 0 Å². The van der Waals surface area contributed by atoms with Crippen molar-refractivity contribution in [3.63, 3.8) is 0 Å². The van der Waals surface area contributed by atoms with Crippen molar-refractivity contribution in [3.05, 3.63) is 28.0 Å². The first-order valence-corrected chi connectivity index (χ1v) is 5.14. The molecule has 0 fully saturated rings. The van der Waals surface area contributed by atoms with E-state index in [0.717, 1.165) is 11.4 Å². The van der Waals surface area contributed by atoms with Crippen LogP contribution in [0, 0.1) is 0 Å². The number of nitrogens with one attached hydrogen (secondary N) is 1. The van der Waals surface area contributed by atoms with Crippen LogP contribution in [0.1, 0.15) is 15.2 Å². The van der Waals surface area contributed by atoms with Gasteiger partial charge in [0.15, 0.2) is 0 Å². The van der Waals surface area contributed by atoms with E-state index in [0.29, 0.717) is 5.56 Å². The summed E-state index contributed by atoms with van der Waals surface area (Å²) in [6.45, 7) is 0.825.